The van der Waals surface area contributed by atoms with Gasteiger partial charge in [0.2, 0.25) is 0 Å². The zero-order valence-corrected chi connectivity index (χ0v) is 13.6. The van der Waals surface area contributed by atoms with E-state index >= 15 is 0 Å². The van der Waals surface area contributed by atoms with Gasteiger partial charge in [0.15, 0.2) is 0 Å². The van der Waals surface area contributed by atoms with Crippen LogP contribution in [0.4, 0.5) is 4.39 Å². The van der Waals surface area contributed by atoms with Gasteiger partial charge in [-0.1, -0.05) is 6.07 Å². The molecule has 1 fully saturated rings. The fraction of sp³-hybridized carbons (Fsp3) is 0.368. The van der Waals surface area contributed by atoms with Crippen LogP contribution in [0.5, 0.6) is 11.5 Å². The topological polar surface area (TPSA) is 30.5 Å². The lowest BCUT2D eigenvalue weighted by atomic mass is 9.88. The zero-order valence-electron chi connectivity index (χ0n) is 13.6. The van der Waals surface area contributed by atoms with Crippen LogP contribution >= 0.6 is 0 Å². The second-order valence-corrected chi connectivity index (χ2v) is 5.86. The van der Waals surface area contributed by atoms with E-state index in [2.05, 4.69) is 11.4 Å². The molecule has 3 nitrogen and oxygen atoms in total. The first-order chi connectivity index (χ1) is 11.2. The third kappa shape index (κ3) is 3.48. The first kappa shape index (κ1) is 15.8. The number of hydrogen-bond acceptors (Lipinski definition) is 3. The number of methoxy groups -OCH3 is 2. The first-order valence-corrected chi connectivity index (χ1v) is 7.95. The van der Waals surface area contributed by atoms with Crippen LogP contribution in [-0.2, 0) is 0 Å². The summed E-state index contributed by atoms with van der Waals surface area (Å²) in [6, 6.07) is 10.9. The van der Waals surface area contributed by atoms with E-state index in [-0.39, 0.29) is 5.82 Å². The van der Waals surface area contributed by atoms with Crippen molar-refractivity contribution >= 4 is 0 Å². The molecule has 0 atom stereocenters. The minimum Gasteiger partial charge on any atom is -0.497 e. The normalized spacial score (nSPS) is 15.4. The second-order valence-electron chi connectivity index (χ2n) is 5.86. The van der Waals surface area contributed by atoms with Crippen molar-refractivity contribution in [1.29, 1.82) is 0 Å². The van der Waals surface area contributed by atoms with Crippen molar-refractivity contribution < 1.29 is 13.9 Å². The highest BCUT2D eigenvalue weighted by atomic mass is 19.1. The molecule has 1 aliphatic rings. The van der Waals surface area contributed by atoms with Gasteiger partial charge >= 0.3 is 0 Å². The SMILES string of the molecule is COc1ccc(-c2cc(F)cc(C3CCNCC3)c2)c(OC)c1. The Balaban J connectivity index is 2.01. The summed E-state index contributed by atoms with van der Waals surface area (Å²) in [4.78, 5) is 0. The summed E-state index contributed by atoms with van der Waals surface area (Å²) in [6.45, 7) is 1.98. The molecule has 0 aromatic heterocycles. The molecule has 0 unspecified atom stereocenters. The lowest BCUT2D eigenvalue weighted by Gasteiger charge is -2.23. The highest BCUT2D eigenvalue weighted by Crippen LogP contribution is 2.36. The summed E-state index contributed by atoms with van der Waals surface area (Å²) < 4.78 is 24.9. The molecule has 2 aromatic rings. The molecule has 0 radical (unpaired) electrons. The van der Waals surface area contributed by atoms with Crippen molar-refractivity contribution in [1.82, 2.24) is 5.32 Å². The highest BCUT2D eigenvalue weighted by molar-refractivity contribution is 5.72. The fourth-order valence-corrected chi connectivity index (χ4v) is 3.20. The Bertz CT molecular complexity index is 681. The molecule has 4 heteroatoms. The molecule has 1 heterocycles. The molecule has 0 spiro atoms. The molecule has 0 bridgehead atoms. The molecule has 1 saturated heterocycles. The van der Waals surface area contributed by atoms with Gasteiger partial charge in [0.1, 0.15) is 17.3 Å². The maximum Gasteiger partial charge on any atom is 0.130 e. The number of hydrogen-bond donors (Lipinski definition) is 1. The smallest absolute Gasteiger partial charge is 0.130 e. The summed E-state index contributed by atoms with van der Waals surface area (Å²) >= 11 is 0. The number of benzene rings is 2. The molecule has 23 heavy (non-hydrogen) atoms. The summed E-state index contributed by atoms with van der Waals surface area (Å²) in [5.74, 6) is 1.62. The van der Waals surface area contributed by atoms with Gasteiger partial charge in [-0.2, -0.15) is 0 Å². The van der Waals surface area contributed by atoms with Crippen molar-refractivity contribution in [3.63, 3.8) is 0 Å². The fourth-order valence-electron chi connectivity index (χ4n) is 3.20. The molecule has 0 amide bonds. The van der Waals surface area contributed by atoms with Crippen LogP contribution in [-0.4, -0.2) is 27.3 Å². The van der Waals surface area contributed by atoms with Crippen LogP contribution in [0, 0.1) is 5.82 Å². The predicted octanol–water partition coefficient (Wildman–Crippen LogP) is 3.98. The summed E-state index contributed by atoms with van der Waals surface area (Å²) in [5.41, 5.74) is 2.79. The molecule has 3 rings (SSSR count). The number of halogens is 1. The van der Waals surface area contributed by atoms with Gasteiger partial charge in [-0.05, 0) is 67.2 Å². The maximum absolute atomic E-state index is 14.2. The van der Waals surface area contributed by atoms with Gasteiger partial charge in [0.05, 0.1) is 14.2 Å². The van der Waals surface area contributed by atoms with Crippen LogP contribution in [0.25, 0.3) is 11.1 Å². The molecule has 2 aromatic carbocycles. The average molecular weight is 315 g/mol. The van der Waals surface area contributed by atoms with Crippen molar-refractivity contribution in [3.8, 4) is 22.6 Å². The lowest BCUT2D eigenvalue weighted by Crippen LogP contribution is -2.26. The quantitative estimate of drug-likeness (QED) is 0.926. The third-order valence-corrected chi connectivity index (χ3v) is 4.45. The van der Waals surface area contributed by atoms with E-state index in [0.717, 1.165) is 48.4 Å². The Kier molecular flexibility index (Phi) is 4.82. The molecular formula is C19H22FNO2. The average Bonchev–Trinajstić information content (AvgIpc) is 2.61. The minimum atomic E-state index is -0.200. The first-order valence-electron chi connectivity index (χ1n) is 7.95. The van der Waals surface area contributed by atoms with Gasteiger partial charge in [0, 0.05) is 11.6 Å². The Hall–Kier alpha value is -2.07. The standard InChI is InChI=1S/C19H22FNO2/c1-22-17-3-4-18(19(12-17)23-2)15-9-14(10-16(20)11-15)13-5-7-21-8-6-13/h3-4,9-13,21H,5-8H2,1-2H3. The van der Waals surface area contributed by atoms with Crippen molar-refractivity contribution in [3.05, 3.63) is 47.8 Å². The number of ether oxygens (including phenoxy) is 2. The van der Waals surface area contributed by atoms with Gasteiger partial charge in [0.25, 0.3) is 0 Å². The minimum absolute atomic E-state index is 0.200. The number of nitrogens with one attached hydrogen (secondary N) is 1. The highest BCUT2D eigenvalue weighted by Gasteiger charge is 2.18. The van der Waals surface area contributed by atoms with Gasteiger partial charge in [-0.3, -0.25) is 0 Å². The van der Waals surface area contributed by atoms with Gasteiger partial charge < -0.3 is 14.8 Å². The molecule has 122 valence electrons. The molecule has 0 aliphatic carbocycles. The Morgan fingerprint density at radius 1 is 1.00 bits per heavy atom. The zero-order chi connectivity index (χ0) is 16.2. The van der Waals surface area contributed by atoms with Crippen LogP contribution in [0.3, 0.4) is 0 Å². The summed E-state index contributed by atoms with van der Waals surface area (Å²) in [5, 5.41) is 3.35. The maximum atomic E-state index is 14.2. The van der Waals surface area contributed by atoms with Crippen molar-refractivity contribution in [2.45, 2.75) is 18.8 Å². The van der Waals surface area contributed by atoms with Crippen LogP contribution in [0.2, 0.25) is 0 Å². The van der Waals surface area contributed by atoms with E-state index in [1.165, 1.54) is 0 Å². The summed E-state index contributed by atoms with van der Waals surface area (Å²) in [6.07, 6.45) is 2.09. The van der Waals surface area contributed by atoms with Crippen LogP contribution < -0.4 is 14.8 Å². The lowest BCUT2D eigenvalue weighted by molar-refractivity contribution is 0.395. The van der Waals surface area contributed by atoms with Crippen LogP contribution in [0.15, 0.2) is 36.4 Å². The Morgan fingerprint density at radius 2 is 1.78 bits per heavy atom. The van der Waals surface area contributed by atoms with E-state index in [1.807, 2.05) is 18.2 Å². The van der Waals surface area contributed by atoms with Crippen molar-refractivity contribution in [2.24, 2.45) is 0 Å². The summed E-state index contributed by atoms with van der Waals surface area (Å²) in [7, 11) is 3.23. The largest absolute Gasteiger partial charge is 0.497 e. The van der Waals surface area contributed by atoms with E-state index < -0.39 is 0 Å². The molecule has 0 saturated carbocycles. The van der Waals surface area contributed by atoms with E-state index in [9.17, 15) is 4.39 Å². The van der Waals surface area contributed by atoms with E-state index in [1.54, 1.807) is 26.4 Å². The Morgan fingerprint density at radius 3 is 2.48 bits per heavy atom. The second kappa shape index (κ2) is 7.01. The monoisotopic (exact) mass is 315 g/mol. The molecule has 1 N–H and O–H groups in total. The molecular weight excluding hydrogens is 293 g/mol. The number of piperidine rings is 1. The van der Waals surface area contributed by atoms with Crippen molar-refractivity contribution in [2.75, 3.05) is 27.3 Å². The van der Waals surface area contributed by atoms with E-state index in [0.29, 0.717) is 11.7 Å². The van der Waals surface area contributed by atoms with Crippen LogP contribution in [0.1, 0.15) is 24.3 Å². The van der Waals surface area contributed by atoms with E-state index in [4.69, 9.17) is 9.47 Å². The van der Waals surface area contributed by atoms with Gasteiger partial charge in [-0.25, -0.2) is 4.39 Å². The molecule has 1 aliphatic heterocycles. The third-order valence-electron chi connectivity index (χ3n) is 4.45. The number of rotatable bonds is 4. The van der Waals surface area contributed by atoms with Gasteiger partial charge in [-0.15, -0.1) is 0 Å². The predicted molar refractivity (Wildman–Crippen MR) is 89.8 cm³/mol. The Labute approximate surface area is 136 Å².